The maximum atomic E-state index is 12.3. The number of benzene rings is 1. The number of morpholine rings is 1. The van der Waals surface area contributed by atoms with Crippen LogP contribution in [0.15, 0.2) is 30.3 Å². The predicted molar refractivity (Wildman–Crippen MR) is 97.5 cm³/mol. The van der Waals surface area contributed by atoms with Gasteiger partial charge in [0.15, 0.2) is 0 Å². The molecule has 2 aliphatic heterocycles. The molecule has 25 heavy (non-hydrogen) atoms. The molecule has 2 unspecified atom stereocenters. The number of carbonyl (C=O) groups excluding carboxylic acids is 1. The quantitative estimate of drug-likeness (QED) is 0.820. The Hall–Kier alpha value is -1.43. The molecule has 5 heteroatoms. The van der Waals surface area contributed by atoms with E-state index in [4.69, 9.17) is 9.47 Å². The van der Waals surface area contributed by atoms with Crippen molar-refractivity contribution in [2.75, 3.05) is 39.5 Å². The normalized spacial score (nSPS) is 23.1. The summed E-state index contributed by atoms with van der Waals surface area (Å²) in [6, 6.07) is 10.8. The van der Waals surface area contributed by atoms with Gasteiger partial charge >= 0.3 is 0 Å². The van der Waals surface area contributed by atoms with Crippen molar-refractivity contribution in [2.45, 2.75) is 44.2 Å². The van der Waals surface area contributed by atoms with Crippen molar-refractivity contribution in [1.29, 1.82) is 0 Å². The zero-order valence-electron chi connectivity index (χ0n) is 15.0. The molecular formula is C20H30N2O3. The second-order valence-electron chi connectivity index (χ2n) is 6.99. The molecule has 2 atom stereocenters. The molecule has 5 nitrogen and oxygen atoms in total. The Labute approximate surface area is 150 Å². The Morgan fingerprint density at radius 3 is 2.68 bits per heavy atom. The summed E-state index contributed by atoms with van der Waals surface area (Å²) in [6.07, 6.45) is 4.83. The van der Waals surface area contributed by atoms with Crippen molar-refractivity contribution >= 4 is 5.91 Å². The van der Waals surface area contributed by atoms with E-state index in [2.05, 4.69) is 34.5 Å². The lowest BCUT2D eigenvalue weighted by Gasteiger charge is -2.35. The molecular weight excluding hydrogens is 316 g/mol. The average Bonchev–Trinajstić information content (AvgIpc) is 2.67. The van der Waals surface area contributed by atoms with Gasteiger partial charge in [-0.3, -0.25) is 9.69 Å². The van der Waals surface area contributed by atoms with Crippen LogP contribution < -0.4 is 5.32 Å². The van der Waals surface area contributed by atoms with E-state index in [1.54, 1.807) is 0 Å². The van der Waals surface area contributed by atoms with Gasteiger partial charge in [-0.2, -0.15) is 0 Å². The average molecular weight is 346 g/mol. The van der Waals surface area contributed by atoms with E-state index in [9.17, 15) is 4.79 Å². The Balaban J connectivity index is 1.52. The molecule has 1 N–H and O–H groups in total. The summed E-state index contributed by atoms with van der Waals surface area (Å²) in [7, 11) is 0. The Kier molecular flexibility index (Phi) is 7.27. The minimum absolute atomic E-state index is 0.102. The Morgan fingerprint density at radius 1 is 1.16 bits per heavy atom. The summed E-state index contributed by atoms with van der Waals surface area (Å²) < 4.78 is 11.2. The van der Waals surface area contributed by atoms with Crippen molar-refractivity contribution in [2.24, 2.45) is 0 Å². The lowest BCUT2D eigenvalue weighted by molar-refractivity contribution is -0.125. The van der Waals surface area contributed by atoms with Crippen LogP contribution in [0, 0.1) is 0 Å². The van der Waals surface area contributed by atoms with Crippen LogP contribution in [0.3, 0.4) is 0 Å². The van der Waals surface area contributed by atoms with Crippen molar-refractivity contribution < 1.29 is 14.3 Å². The van der Waals surface area contributed by atoms with Crippen LogP contribution in [0.1, 0.15) is 31.2 Å². The SMILES string of the molecule is O=C(CC1CCCCO1)NCC(Cc1ccccc1)N1CCOCC1. The van der Waals surface area contributed by atoms with E-state index in [-0.39, 0.29) is 12.0 Å². The number of ether oxygens (including phenoxy) is 2. The largest absolute Gasteiger partial charge is 0.379 e. The molecule has 0 bridgehead atoms. The second kappa shape index (κ2) is 9.90. The van der Waals surface area contributed by atoms with Gasteiger partial charge in [-0.05, 0) is 31.2 Å². The van der Waals surface area contributed by atoms with Crippen LogP contribution in [0.5, 0.6) is 0 Å². The molecule has 2 aliphatic rings. The van der Waals surface area contributed by atoms with Crippen molar-refractivity contribution in [3.05, 3.63) is 35.9 Å². The maximum Gasteiger partial charge on any atom is 0.222 e. The van der Waals surface area contributed by atoms with Crippen molar-refractivity contribution in [3.63, 3.8) is 0 Å². The van der Waals surface area contributed by atoms with Crippen LogP contribution in [0.25, 0.3) is 0 Å². The maximum absolute atomic E-state index is 12.3. The van der Waals surface area contributed by atoms with E-state index in [0.29, 0.717) is 19.0 Å². The van der Waals surface area contributed by atoms with Gasteiger partial charge in [0.05, 0.1) is 25.7 Å². The van der Waals surface area contributed by atoms with Crippen molar-refractivity contribution in [1.82, 2.24) is 10.2 Å². The van der Waals surface area contributed by atoms with Gasteiger partial charge in [-0.15, -0.1) is 0 Å². The molecule has 0 spiro atoms. The Bertz CT molecular complexity index is 511. The summed E-state index contributed by atoms with van der Waals surface area (Å²) in [6.45, 7) is 4.88. The van der Waals surface area contributed by atoms with Gasteiger partial charge < -0.3 is 14.8 Å². The van der Waals surface area contributed by atoms with Gasteiger partial charge in [0.2, 0.25) is 5.91 Å². The van der Waals surface area contributed by atoms with E-state index in [0.717, 1.165) is 52.2 Å². The summed E-state index contributed by atoms with van der Waals surface area (Å²) in [5.41, 5.74) is 1.31. The lowest BCUT2D eigenvalue weighted by atomic mass is 10.0. The smallest absolute Gasteiger partial charge is 0.222 e. The highest BCUT2D eigenvalue weighted by molar-refractivity contribution is 5.76. The number of nitrogens with zero attached hydrogens (tertiary/aromatic N) is 1. The molecule has 0 saturated carbocycles. The first kappa shape index (κ1) is 18.4. The van der Waals surface area contributed by atoms with Gasteiger partial charge in [-0.1, -0.05) is 30.3 Å². The van der Waals surface area contributed by atoms with Crippen LogP contribution in [-0.2, 0) is 20.7 Å². The molecule has 138 valence electrons. The fraction of sp³-hybridized carbons (Fsp3) is 0.650. The summed E-state index contributed by atoms with van der Waals surface area (Å²) >= 11 is 0. The summed E-state index contributed by atoms with van der Waals surface area (Å²) in [5.74, 6) is 0.109. The molecule has 2 heterocycles. The van der Waals surface area contributed by atoms with E-state index >= 15 is 0 Å². The predicted octanol–water partition coefficient (Wildman–Crippen LogP) is 2.01. The number of amides is 1. The first-order valence-corrected chi connectivity index (χ1v) is 9.55. The Morgan fingerprint density at radius 2 is 1.96 bits per heavy atom. The molecule has 2 fully saturated rings. The molecule has 0 radical (unpaired) electrons. The van der Waals surface area contributed by atoms with Gasteiger partial charge in [0.25, 0.3) is 0 Å². The summed E-state index contributed by atoms with van der Waals surface area (Å²) in [4.78, 5) is 14.8. The first-order valence-electron chi connectivity index (χ1n) is 9.55. The van der Waals surface area contributed by atoms with Gasteiger partial charge in [-0.25, -0.2) is 0 Å². The molecule has 0 aliphatic carbocycles. The van der Waals surface area contributed by atoms with E-state index in [1.165, 1.54) is 12.0 Å². The zero-order valence-corrected chi connectivity index (χ0v) is 15.0. The monoisotopic (exact) mass is 346 g/mol. The van der Waals surface area contributed by atoms with Crippen LogP contribution in [0.2, 0.25) is 0 Å². The molecule has 1 aromatic rings. The molecule has 1 aromatic carbocycles. The molecule has 0 aromatic heterocycles. The highest BCUT2D eigenvalue weighted by Crippen LogP contribution is 2.16. The van der Waals surface area contributed by atoms with Crippen molar-refractivity contribution in [3.8, 4) is 0 Å². The van der Waals surface area contributed by atoms with Crippen LogP contribution in [0.4, 0.5) is 0 Å². The fourth-order valence-corrected chi connectivity index (χ4v) is 3.64. The molecule has 2 saturated heterocycles. The van der Waals surface area contributed by atoms with Crippen LogP contribution in [-0.4, -0.2) is 62.4 Å². The second-order valence-corrected chi connectivity index (χ2v) is 6.99. The van der Waals surface area contributed by atoms with E-state index in [1.807, 2.05) is 6.07 Å². The standard InChI is InChI=1S/C20H30N2O3/c23-20(15-19-8-4-5-11-25-19)21-16-18(22-9-12-24-13-10-22)14-17-6-2-1-3-7-17/h1-3,6-7,18-19H,4-5,8-16H2,(H,21,23). The molecule has 1 amide bonds. The van der Waals surface area contributed by atoms with Crippen LogP contribution >= 0.6 is 0 Å². The minimum Gasteiger partial charge on any atom is -0.379 e. The lowest BCUT2D eigenvalue weighted by Crippen LogP contribution is -2.50. The van der Waals surface area contributed by atoms with Gasteiger partial charge in [0, 0.05) is 32.3 Å². The number of rotatable bonds is 7. The third kappa shape index (κ3) is 6.10. The fourth-order valence-electron chi connectivity index (χ4n) is 3.64. The highest BCUT2D eigenvalue weighted by atomic mass is 16.5. The number of hydrogen-bond acceptors (Lipinski definition) is 4. The van der Waals surface area contributed by atoms with Gasteiger partial charge in [0.1, 0.15) is 0 Å². The number of hydrogen-bond donors (Lipinski definition) is 1. The van der Waals surface area contributed by atoms with E-state index < -0.39 is 0 Å². The zero-order chi connectivity index (χ0) is 17.3. The third-order valence-corrected chi connectivity index (χ3v) is 5.10. The number of carbonyl (C=O) groups is 1. The highest BCUT2D eigenvalue weighted by Gasteiger charge is 2.23. The first-order chi connectivity index (χ1) is 12.3. The molecule has 3 rings (SSSR count). The number of nitrogens with one attached hydrogen (secondary N) is 1. The summed E-state index contributed by atoms with van der Waals surface area (Å²) in [5, 5.41) is 3.15. The minimum atomic E-state index is 0.102. The third-order valence-electron chi connectivity index (χ3n) is 5.10. The topological polar surface area (TPSA) is 50.8 Å².